The summed E-state index contributed by atoms with van der Waals surface area (Å²) >= 11 is 0. The van der Waals surface area contributed by atoms with Gasteiger partial charge in [0.05, 0.1) is 0 Å². The maximum atomic E-state index is 10.4. The Bertz CT molecular complexity index is 417. The molecule has 0 bridgehead atoms. The van der Waals surface area contributed by atoms with E-state index in [-0.39, 0.29) is 17.5 Å². The van der Waals surface area contributed by atoms with Crippen molar-refractivity contribution < 1.29 is 29.7 Å². The minimum absolute atomic E-state index is 0.280. The van der Waals surface area contributed by atoms with Gasteiger partial charge in [-0.1, -0.05) is 0 Å². The van der Waals surface area contributed by atoms with Gasteiger partial charge in [0.2, 0.25) is 0 Å². The molecule has 1 aromatic heterocycles. The first kappa shape index (κ1) is 13.5. The minimum Gasteiger partial charge on any atom is -0.550 e. The Morgan fingerprint density at radius 3 is 1.06 bits per heavy atom. The largest absolute Gasteiger partial charge is 0.550 e. The Morgan fingerprint density at radius 1 is 0.667 bits per heavy atom. The molecule has 0 fully saturated rings. The molecular weight excluding hydrogens is 246 g/mol. The molecule has 0 aromatic carbocycles. The van der Waals surface area contributed by atoms with Crippen LogP contribution in [0.25, 0.3) is 0 Å². The van der Waals surface area contributed by atoms with Gasteiger partial charge in [-0.25, -0.2) is 15.0 Å². The molecule has 0 saturated heterocycles. The van der Waals surface area contributed by atoms with Crippen molar-refractivity contribution >= 4 is 17.9 Å². The molecule has 0 unspecified atom stereocenters. The Kier molecular flexibility index (Phi) is 4.24. The van der Waals surface area contributed by atoms with Gasteiger partial charge in [0.25, 0.3) is 0 Å². The van der Waals surface area contributed by atoms with Crippen molar-refractivity contribution in [3.63, 3.8) is 0 Å². The molecule has 0 radical (unpaired) electrons. The van der Waals surface area contributed by atoms with E-state index in [4.69, 9.17) is 0 Å². The van der Waals surface area contributed by atoms with Crippen LogP contribution in [0.5, 0.6) is 0 Å². The predicted molar refractivity (Wildman–Crippen MR) is 46.0 cm³/mol. The van der Waals surface area contributed by atoms with Crippen molar-refractivity contribution in [3.05, 3.63) is 17.5 Å². The van der Waals surface area contributed by atoms with Gasteiger partial charge < -0.3 is 29.7 Å². The summed E-state index contributed by atoms with van der Waals surface area (Å²) in [6.07, 6.45) is -2.03. The lowest BCUT2D eigenvalue weighted by Crippen LogP contribution is -2.30. The molecule has 9 nitrogen and oxygen atoms in total. The van der Waals surface area contributed by atoms with Gasteiger partial charge in [-0.3, -0.25) is 0 Å². The van der Waals surface area contributed by atoms with Gasteiger partial charge in [-0.15, -0.1) is 0 Å². The molecule has 18 heavy (non-hydrogen) atoms. The molecule has 0 atom stereocenters. The monoisotopic (exact) mass is 252 g/mol. The van der Waals surface area contributed by atoms with Crippen molar-refractivity contribution in [1.82, 2.24) is 15.0 Å². The fraction of sp³-hybridized carbons (Fsp3) is 0.333. The molecule has 0 amide bonds. The van der Waals surface area contributed by atoms with Crippen LogP contribution < -0.4 is 15.3 Å². The Morgan fingerprint density at radius 2 is 0.889 bits per heavy atom. The summed E-state index contributed by atoms with van der Waals surface area (Å²) in [5.41, 5.74) is 0. The van der Waals surface area contributed by atoms with Crippen molar-refractivity contribution in [2.45, 2.75) is 19.3 Å². The van der Waals surface area contributed by atoms with E-state index in [1.54, 1.807) is 0 Å². The van der Waals surface area contributed by atoms with E-state index in [1.807, 2.05) is 0 Å². The molecule has 1 rings (SSSR count). The fourth-order valence-electron chi connectivity index (χ4n) is 1.15. The van der Waals surface area contributed by atoms with E-state index in [0.717, 1.165) is 0 Å². The predicted octanol–water partition coefficient (Wildman–Crippen LogP) is -5.25. The molecule has 0 aliphatic carbocycles. The van der Waals surface area contributed by atoms with Crippen LogP contribution in [0.2, 0.25) is 0 Å². The second-order valence-electron chi connectivity index (χ2n) is 3.23. The average Bonchev–Trinajstić information content (AvgIpc) is 2.12. The molecule has 1 heterocycles. The topological polar surface area (TPSA) is 159 Å². The molecule has 0 spiro atoms. The van der Waals surface area contributed by atoms with Gasteiger partial charge in [0.15, 0.2) is 0 Å². The van der Waals surface area contributed by atoms with Crippen LogP contribution in [0.15, 0.2) is 0 Å². The number of rotatable bonds is 6. The molecule has 9 heteroatoms. The van der Waals surface area contributed by atoms with E-state index in [2.05, 4.69) is 15.0 Å². The van der Waals surface area contributed by atoms with Gasteiger partial charge in [0, 0.05) is 37.2 Å². The zero-order valence-electron chi connectivity index (χ0n) is 8.91. The van der Waals surface area contributed by atoms with Crippen molar-refractivity contribution in [1.29, 1.82) is 0 Å². The molecule has 96 valence electrons. The number of hydrogen-bond donors (Lipinski definition) is 0. The van der Waals surface area contributed by atoms with Crippen molar-refractivity contribution in [2.24, 2.45) is 0 Å². The smallest absolute Gasteiger partial charge is 0.138 e. The number of aliphatic carboxylic acids is 3. The molecule has 0 aliphatic rings. The lowest BCUT2D eigenvalue weighted by atomic mass is 10.3. The number of carbonyl (C=O) groups excluding carboxylic acids is 3. The lowest BCUT2D eigenvalue weighted by molar-refractivity contribution is -0.306. The third-order valence-electron chi connectivity index (χ3n) is 1.68. The number of aromatic nitrogens is 3. The zero-order valence-corrected chi connectivity index (χ0v) is 8.91. The van der Waals surface area contributed by atoms with Gasteiger partial charge in [-0.05, 0) is 0 Å². The molecular formula is C9H6N3O6-3. The quantitative estimate of drug-likeness (QED) is 0.481. The number of hydrogen-bond acceptors (Lipinski definition) is 9. The second kappa shape index (κ2) is 5.66. The van der Waals surface area contributed by atoms with E-state index >= 15 is 0 Å². The summed E-state index contributed by atoms with van der Waals surface area (Å²) in [6, 6.07) is 0. The summed E-state index contributed by atoms with van der Waals surface area (Å²) in [5.74, 6) is -5.30. The van der Waals surface area contributed by atoms with Gasteiger partial charge in [-0.2, -0.15) is 0 Å². The van der Waals surface area contributed by atoms with Crippen LogP contribution in [0.3, 0.4) is 0 Å². The van der Waals surface area contributed by atoms with Crippen LogP contribution in [-0.4, -0.2) is 32.9 Å². The van der Waals surface area contributed by atoms with Crippen LogP contribution in [0.1, 0.15) is 17.5 Å². The van der Waals surface area contributed by atoms with E-state index in [9.17, 15) is 29.7 Å². The standard InChI is InChI=1S/C9H9N3O6/c13-7(14)1-4-10-5(2-8(15)16)12-6(11-4)3-9(17)18/h1-3H2,(H,13,14)(H,15,16)(H,17,18)/p-3. The highest BCUT2D eigenvalue weighted by Crippen LogP contribution is 1.99. The Balaban J connectivity index is 3.06. The average molecular weight is 252 g/mol. The summed E-state index contributed by atoms with van der Waals surface area (Å²) in [6.45, 7) is 0. The molecule has 0 saturated carbocycles. The summed E-state index contributed by atoms with van der Waals surface area (Å²) in [4.78, 5) is 41.7. The molecule has 0 N–H and O–H groups in total. The first-order chi connectivity index (χ1) is 8.36. The van der Waals surface area contributed by atoms with Crippen LogP contribution in [-0.2, 0) is 33.6 Å². The molecule has 0 aliphatic heterocycles. The van der Waals surface area contributed by atoms with Crippen LogP contribution in [0.4, 0.5) is 0 Å². The lowest BCUT2D eigenvalue weighted by Gasteiger charge is -2.08. The molecule has 1 aromatic rings. The van der Waals surface area contributed by atoms with E-state index < -0.39 is 37.2 Å². The fourth-order valence-corrected chi connectivity index (χ4v) is 1.15. The summed E-state index contributed by atoms with van der Waals surface area (Å²) in [5, 5.41) is 31.1. The normalized spacial score (nSPS) is 10.0. The highest BCUT2D eigenvalue weighted by atomic mass is 16.4. The van der Waals surface area contributed by atoms with Crippen molar-refractivity contribution in [2.75, 3.05) is 0 Å². The second-order valence-corrected chi connectivity index (χ2v) is 3.23. The third-order valence-corrected chi connectivity index (χ3v) is 1.68. The minimum atomic E-state index is -1.49. The van der Waals surface area contributed by atoms with Crippen LogP contribution >= 0.6 is 0 Å². The highest BCUT2D eigenvalue weighted by Gasteiger charge is 2.07. The maximum Gasteiger partial charge on any atom is 0.138 e. The van der Waals surface area contributed by atoms with Crippen molar-refractivity contribution in [3.8, 4) is 0 Å². The number of nitrogens with zero attached hydrogens (tertiary/aromatic N) is 3. The van der Waals surface area contributed by atoms with Crippen LogP contribution in [0, 0.1) is 0 Å². The number of carbonyl (C=O) groups is 3. The third kappa shape index (κ3) is 4.51. The number of carboxylic acids is 3. The van der Waals surface area contributed by atoms with E-state index in [1.165, 1.54) is 0 Å². The summed E-state index contributed by atoms with van der Waals surface area (Å²) in [7, 11) is 0. The zero-order chi connectivity index (χ0) is 13.7. The van der Waals surface area contributed by atoms with Gasteiger partial charge in [0.1, 0.15) is 17.5 Å². The first-order valence-corrected chi connectivity index (χ1v) is 4.69. The Labute approximate surface area is 100 Å². The maximum absolute atomic E-state index is 10.4. The Hall–Kier alpha value is -2.58. The highest BCUT2D eigenvalue weighted by molar-refractivity contribution is 5.68. The first-order valence-electron chi connectivity index (χ1n) is 4.69. The van der Waals surface area contributed by atoms with E-state index in [0.29, 0.717) is 0 Å². The van der Waals surface area contributed by atoms with Gasteiger partial charge >= 0.3 is 0 Å². The SMILES string of the molecule is O=C([O-])Cc1nc(CC(=O)[O-])nc(CC(=O)[O-])n1. The summed E-state index contributed by atoms with van der Waals surface area (Å²) < 4.78 is 0. The number of carboxylic acid groups (broad SMARTS) is 3.